The fourth-order valence-electron chi connectivity index (χ4n) is 1.62. The van der Waals surface area contributed by atoms with E-state index in [1.807, 2.05) is 39.3 Å². The van der Waals surface area contributed by atoms with Crippen molar-refractivity contribution in [3.05, 3.63) is 32.7 Å². The second kappa shape index (κ2) is 7.26. The van der Waals surface area contributed by atoms with Gasteiger partial charge in [-0.05, 0) is 45.3 Å². The molecule has 1 aromatic carbocycles. The summed E-state index contributed by atoms with van der Waals surface area (Å²) in [7, 11) is 5.91. The number of hydrogen-bond donors (Lipinski definition) is 0. The van der Waals surface area contributed by atoms with Gasteiger partial charge >= 0.3 is 0 Å². The summed E-state index contributed by atoms with van der Waals surface area (Å²) in [5.41, 5.74) is 0.698. The fraction of sp³-hybridized carbons (Fsp3) is 0.462. The molecule has 0 heterocycles. The third-order valence-corrected chi connectivity index (χ3v) is 3.47. The van der Waals surface area contributed by atoms with Crippen LogP contribution in [0.25, 0.3) is 0 Å². The Hall–Kier alpha value is -0.390. The van der Waals surface area contributed by atoms with Gasteiger partial charge in [0.2, 0.25) is 0 Å². The van der Waals surface area contributed by atoms with Crippen molar-refractivity contribution >= 4 is 37.8 Å². The summed E-state index contributed by atoms with van der Waals surface area (Å²) in [6.45, 7) is 1.75. The Balaban J connectivity index is 2.62. The molecule has 0 unspecified atom stereocenters. The van der Waals surface area contributed by atoms with Crippen LogP contribution in [0.15, 0.2) is 27.1 Å². The Labute approximate surface area is 125 Å². The Morgan fingerprint density at radius 2 is 1.61 bits per heavy atom. The largest absolute Gasteiger partial charge is 0.342 e. The monoisotopic (exact) mass is 376 g/mol. The molecule has 0 N–H and O–H groups in total. The predicted octanol–water partition coefficient (Wildman–Crippen LogP) is 3.24. The molecule has 0 aromatic heterocycles. The third kappa shape index (κ3) is 5.08. The van der Waals surface area contributed by atoms with Crippen LogP contribution in [-0.4, -0.2) is 49.9 Å². The zero-order valence-electron chi connectivity index (χ0n) is 10.9. The standard InChI is InChI=1S/C13H18Br2N2O/c1-16(2)5-4-6-17(3)13(18)10-7-11(14)9-12(15)8-10/h7-9H,4-6H2,1-3H3. The van der Waals surface area contributed by atoms with E-state index >= 15 is 0 Å². The van der Waals surface area contributed by atoms with Gasteiger partial charge in [-0.1, -0.05) is 31.9 Å². The Bertz CT molecular complexity index is 401. The minimum atomic E-state index is 0.0516. The van der Waals surface area contributed by atoms with Crippen LogP contribution >= 0.6 is 31.9 Å². The van der Waals surface area contributed by atoms with Gasteiger partial charge in [-0.15, -0.1) is 0 Å². The zero-order chi connectivity index (χ0) is 13.7. The van der Waals surface area contributed by atoms with E-state index in [1.165, 1.54) is 0 Å². The van der Waals surface area contributed by atoms with Gasteiger partial charge in [-0.25, -0.2) is 0 Å². The Morgan fingerprint density at radius 1 is 1.06 bits per heavy atom. The molecule has 1 rings (SSSR count). The molecule has 0 spiro atoms. The van der Waals surface area contributed by atoms with Crippen molar-refractivity contribution in [1.29, 1.82) is 0 Å². The number of nitrogens with zero attached hydrogens (tertiary/aromatic N) is 2. The van der Waals surface area contributed by atoms with Crippen LogP contribution < -0.4 is 0 Å². The van der Waals surface area contributed by atoms with E-state index in [9.17, 15) is 4.79 Å². The SMILES string of the molecule is CN(C)CCCN(C)C(=O)c1cc(Br)cc(Br)c1. The number of carbonyl (C=O) groups is 1. The maximum Gasteiger partial charge on any atom is 0.253 e. The molecule has 18 heavy (non-hydrogen) atoms. The Kier molecular flexibility index (Phi) is 6.32. The van der Waals surface area contributed by atoms with Crippen LogP contribution in [-0.2, 0) is 0 Å². The second-order valence-corrected chi connectivity index (χ2v) is 6.37. The fourth-order valence-corrected chi connectivity index (χ4v) is 2.92. The maximum atomic E-state index is 12.2. The van der Waals surface area contributed by atoms with Crippen molar-refractivity contribution < 1.29 is 4.79 Å². The summed E-state index contributed by atoms with van der Waals surface area (Å²) in [6, 6.07) is 5.61. The molecule has 0 saturated carbocycles. The summed E-state index contributed by atoms with van der Waals surface area (Å²) in [6.07, 6.45) is 0.977. The van der Waals surface area contributed by atoms with E-state index in [0.29, 0.717) is 5.56 Å². The third-order valence-electron chi connectivity index (χ3n) is 2.56. The van der Waals surface area contributed by atoms with E-state index in [0.717, 1.165) is 28.5 Å². The van der Waals surface area contributed by atoms with Crippen LogP contribution in [0.4, 0.5) is 0 Å². The van der Waals surface area contributed by atoms with Crippen molar-refractivity contribution in [3.63, 3.8) is 0 Å². The summed E-state index contributed by atoms with van der Waals surface area (Å²) in [4.78, 5) is 16.1. The molecule has 3 nitrogen and oxygen atoms in total. The molecule has 0 saturated heterocycles. The molecule has 0 aliphatic carbocycles. The number of amides is 1. The molecule has 0 atom stereocenters. The number of hydrogen-bond acceptors (Lipinski definition) is 2. The molecule has 1 aromatic rings. The lowest BCUT2D eigenvalue weighted by molar-refractivity contribution is 0.0790. The first kappa shape index (κ1) is 15.7. The van der Waals surface area contributed by atoms with Crippen molar-refractivity contribution in [2.24, 2.45) is 0 Å². The van der Waals surface area contributed by atoms with E-state index < -0.39 is 0 Å². The molecular formula is C13H18Br2N2O. The normalized spacial score (nSPS) is 10.8. The number of halogens is 2. The van der Waals surface area contributed by atoms with E-state index in [4.69, 9.17) is 0 Å². The predicted molar refractivity (Wildman–Crippen MR) is 82.0 cm³/mol. The van der Waals surface area contributed by atoms with Crippen molar-refractivity contribution in [3.8, 4) is 0 Å². The van der Waals surface area contributed by atoms with Gasteiger partial charge < -0.3 is 9.80 Å². The highest BCUT2D eigenvalue weighted by Gasteiger charge is 2.12. The quantitative estimate of drug-likeness (QED) is 0.786. The molecule has 5 heteroatoms. The molecule has 0 radical (unpaired) electrons. The van der Waals surface area contributed by atoms with Gasteiger partial charge in [0, 0.05) is 28.1 Å². The first-order valence-corrected chi connectivity index (χ1v) is 7.35. The Morgan fingerprint density at radius 3 is 2.11 bits per heavy atom. The van der Waals surface area contributed by atoms with Gasteiger partial charge in [0.05, 0.1) is 0 Å². The van der Waals surface area contributed by atoms with E-state index in [-0.39, 0.29) is 5.91 Å². The number of rotatable bonds is 5. The van der Waals surface area contributed by atoms with E-state index in [2.05, 4.69) is 36.8 Å². The first-order valence-electron chi connectivity index (χ1n) is 5.76. The smallest absolute Gasteiger partial charge is 0.253 e. The average Bonchev–Trinajstić information content (AvgIpc) is 2.26. The van der Waals surface area contributed by atoms with Crippen LogP contribution in [0.1, 0.15) is 16.8 Å². The lowest BCUT2D eigenvalue weighted by Crippen LogP contribution is -2.29. The van der Waals surface area contributed by atoms with Gasteiger partial charge in [0.1, 0.15) is 0 Å². The van der Waals surface area contributed by atoms with Crippen molar-refractivity contribution in [2.75, 3.05) is 34.2 Å². The van der Waals surface area contributed by atoms with Crippen LogP contribution in [0.5, 0.6) is 0 Å². The lowest BCUT2D eigenvalue weighted by Gasteiger charge is -2.19. The van der Waals surface area contributed by atoms with Crippen LogP contribution in [0.2, 0.25) is 0 Å². The number of carbonyl (C=O) groups excluding carboxylic acids is 1. The molecule has 0 bridgehead atoms. The summed E-state index contributed by atoms with van der Waals surface area (Å²) in [5.74, 6) is 0.0516. The molecular weight excluding hydrogens is 360 g/mol. The second-order valence-electron chi connectivity index (χ2n) is 4.54. The summed E-state index contributed by atoms with van der Waals surface area (Å²) >= 11 is 6.79. The molecule has 0 aliphatic heterocycles. The molecule has 0 aliphatic rings. The first-order chi connectivity index (χ1) is 8.40. The van der Waals surface area contributed by atoms with Crippen molar-refractivity contribution in [2.45, 2.75) is 6.42 Å². The van der Waals surface area contributed by atoms with Crippen LogP contribution in [0.3, 0.4) is 0 Å². The van der Waals surface area contributed by atoms with Gasteiger partial charge in [-0.3, -0.25) is 4.79 Å². The molecule has 0 fully saturated rings. The minimum Gasteiger partial charge on any atom is -0.342 e. The van der Waals surface area contributed by atoms with Gasteiger partial charge in [-0.2, -0.15) is 0 Å². The zero-order valence-corrected chi connectivity index (χ0v) is 14.1. The highest BCUT2D eigenvalue weighted by atomic mass is 79.9. The summed E-state index contributed by atoms with van der Waals surface area (Å²) in [5, 5.41) is 0. The molecule has 100 valence electrons. The summed E-state index contributed by atoms with van der Waals surface area (Å²) < 4.78 is 1.81. The topological polar surface area (TPSA) is 23.6 Å². The van der Waals surface area contributed by atoms with E-state index in [1.54, 1.807) is 4.90 Å². The highest BCUT2D eigenvalue weighted by molar-refractivity contribution is 9.11. The lowest BCUT2D eigenvalue weighted by atomic mass is 10.2. The minimum absolute atomic E-state index is 0.0516. The number of benzene rings is 1. The average molecular weight is 378 g/mol. The van der Waals surface area contributed by atoms with Crippen molar-refractivity contribution in [1.82, 2.24) is 9.80 Å². The van der Waals surface area contributed by atoms with Gasteiger partial charge in [0.15, 0.2) is 0 Å². The van der Waals surface area contributed by atoms with Crippen LogP contribution in [0, 0.1) is 0 Å². The maximum absolute atomic E-state index is 12.2. The van der Waals surface area contributed by atoms with Gasteiger partial charge in [0.25, 0.3) is 5.91 Å². The molecule has 1 amide bonds. The highest BCUT2D eigenvalue weighted by Crippen LogP contribution is 2.20.